The molecule has 2 N–H and O–H groups in total. The Hall–Kier alpha value is -1.15. The van der Waals surface area contributed by atoms with Crippen LogP contribution in [0.25, 0.3) is 0 Å². The van der Waals surface area contributed by atoms with Crippen LogP contribution in [0.2, 0.25) is 0 Å². The van der Waals surface area contributed by atoms with Gasteiger partial charge in [-0.3, -0.25) is 4.79 Å². The molecule has 0 aliphatic carbocycles. The second-order valence-corrected chi connectivity index (χ2v) is 5.33. The van der Waals surface area contributed by atoms with Gasteiger partial charge in [0.2, 0.25) is 5.91 Å². The number of hydrogen-bond donors (Lipinski definition) is 2. The maximum Gasteiger partial charge on any atom is 0.434 e. The van der Waals surface area contributed by atoms with Crippen molar-refractivity contribution in [1.29, 1.82) is 0 Å². The van der Waals surface area contributed by atoms with Gasteiger partial charge in [0.1, 0.15) is 5.01 Å². The number of nitrogens with one attached hydrogen (secondary N) is 2. The molecule has 0 aromatic carbocycles. The van der Waals surface area contributed by atoms with Crippen LogP contribution < -0.4 is 10.6 Å². The minimum atomic E-state index is -4.42. The van der Waals surface area contributed by atoms with Crippen LogP contribution in [0.5, 0.6) is 0 Å². The zero-order valence-corrected chi connectivity index (χ0v) is 10.9. The molecule has 1 amide bonds. The van der Waals surface area contributed by atoms with Crippen LogP contribution >= 0.6 is 11.3 Å². The molecule has 2 heterocycles. The highest BCUT2D eigenvalue weighted by Gasteiger charge is 2.33. The van der Waals surface area contributed by atoms with E-state index in [4.69, 9.17) is 0 Å². The van der Waals surface area contributed by atoms with E-state index < -0.39 is 11.9 Å². The van der Waals surface area contributed by atoms with Gasteiger partial charge in [0.15, 0.2) is 5.69 Å². The summed E-state index contributed by atoms with van der Waals surface area (Å²) in [7, 11) is 0. The second-order valence-electron chi connectivity index (χ2n) is 4.39. The molecule has 1 saturated heterocycles. The van der Waals surface area contributed by atoms with Gasteiger partial charge in [-0.05, 0) is 19.4 Å². The number of carbonyl (C=O) groups is 1. The third-order valence-electron chi connectivity index (χ3n) is 2.92. The van der Waals surface area contributed by atoms with Crippen LogP contribution in [0.4, 0.5) is 13.2 Å². The van der Waals surface area contributed by atoms with E-state index in [0.29, 0.717) is 6.54 Å². The number of piperidine rings is 1. The van der Waals surface area contributed by atoms with E-state index in [-0.39, 0.29) is 23.4 Å². The zero-order chi connectivity index (χ0) is 13.9. The number of nitrogens with zero attached hydrogens (tertiary/aromatic N) is 1. The molecule has 1 aromatic heterocycles. The van der Waals surface area contributed by atoms with Crippen molar-refractivity contribution in [3.05, 3.63) is 16.1 Å². The number of aromatic nitrogens is 1. The average molecular weight is 293 g/mol. The van der Waals surface area contributed by atoms with Crippen molar-refractivity contribution in [1.82, 2.24) is 15.6 Å². The summed E-state index contributed by atoms with van der Waals surface area (Å²) in [6, 6.07) is 0. The van der Waals surface area contributed by atoms with Gasteiger partial charge in [0, 0.05) is 11.9 Å². The Morgan fingerprint density at radius 2 is 2.37 bits per heavy atom. The van der Waals surface area contributed by atoms with Crippen LogP contribution in [-0.4, -0.2) is 24.0 Å². The summed E-state index contributed by atoms with van der Waals surface area (Å²) in [6.45, 7) is 1.58. The summed E-state index contributed by atoms with van der Waals surface area (Å²) < 4.78 is 37.0. The number of hydrogen-bond acceptors (Lipinski definition) is 4. The summed E-state index contributed by atoms with van der Waals surface area (Å²) in [4.78, 5) is 15.2. The van der Waals surface area contributed by atoms with Crippen molar-refractivity contribution >= 4 is 17.2 Å². The van der Waals surface area contributed by atoms with Crippen molar-refractivity contribution in [3.63, 3.8) is 0 Å². The summed E-state index contributed by atoms with van der Waals surface area (Å²) >= 11 is 0.904. The van der Waals surface area contributed by atoms with Gasteiger partial charge < -0.3 is 10.6 Å². The molecule has 4 nitrogen and oxygen atoms in total. The molecule has 1 atom stereocenters. The number of rotatable bonds is 3. The first-order valence-electron chi connectivity index (χ1n) is 5.97. The molecule has 1 aromatic rings. The quantitative estimate of drug-likeness (QED) is 0.893. The van der Waals surface area contributed by atoms with Gasteiger partial charge >= 0.3 is 6.18 Å². The van der Waals surface area contributed by atoms with E-state index in [2.05, 4.69) is 15.6 Å². The highest BCUT2D eigenvalue weighted by molar-refractivity contribution is 7.09. The van der Waals surface area contributed by atoms with Gasteiger partial charge in [0.05, 0.1) is 12.5 Å². The molecule has 1 aliphatic heterocycles. The second kappa shape index (κ2) is 5.87. The lowest BCUT2D eigenvalue weighted by atomic mass is 9.99. The van der Waals surface area contributed by atoms with Crippen molar-refractivity contribution in [2.75, 3.05) is 13.1 Å². The Kier molecular flexibility index (Phi) is 4.41. The van der Waals surface area contributed by atoms with E-state index in [1.807, 2.05) is 0 Å². The maximum atomic E-state index is 12.3. The monoisotopic (exact) mass is 293 g/mol. The normalized spacial score (nSPS) is 20.3. The molecule has 19 heavy (non-hydrogen) atoms. The fourth-order valence-corrected chi connectivity index (χ4v) is 2.65. The number of halogens is 3. The molecular formula is C11H14F3N3OS. The van der Waals surface area contributed by atoms with E-state index in [9.17, 15) is 18.0 Å². The summed E-state index contributed by atoms with van der Waals surface area (Å²) in [5, 5.41) is 6.98. The fourth-order valence-electron chi connectivity index (χ4n) is 1.90. The first-order chi connectivity index (χ1) is 8.97. The van der Waals surface area contributed by atoms with Crippen molar-refractivity contribution in [2.24, 2.45) is 5.92 Å². The molecule has 8 heteroatoms. The fraction of sp³-hybridized carbons (Fsp3) is 0.636. The Labute approximate surface area is 112 Å². The minimum absolute atomic E-state index is 0.0517. The number of carbonyl (C=O) groups excluding carboxylic acids is 1. The SMILES string of the molecule is O=C(NCc1nc(C(F)(F)F)cs1)C1CCCNC1. The Bertz CT molecular complexity index is 441. The molecule has 0 saturated carbocycles. The third-order valence-corrected chi connectivity index (χ3v) is 3.77. The molecule has 2 rings (SSSR count). The molecular weight excluding hydrogens is 279 g/mol. The van der Waals surface area contributed by atoms with Crippen LogP contribution in [0.3, 0.4) is 0 Å². The lowest BCUT2D eigenvalue weighted by Gasteiger charge is -2.21. The lowest BCUT2D eigenvalue weighted by Crippen LogP contribution is -2.40. The largest absolute Gasteiger partial charge is 0.434 e. The van der Waals surface area contributed by atoms with Gasteiger partial charge in [-0.1, -0.05) is 0 Å². The van der Waals surface area contributed by atoms with Crippen LogP contribution in [-0.2, 0) is 17.5 Å². The summed E-state index contributed by atoms with van der Waals surface area (Å²) in [6.07, 6.45) is -2.68. The molecule has 1 fully saturated rings. The first kappa shape index (κ1) is 14.3. The van der Waals surface area contributed by atoms with E-state index >= 15 is 0 Å². The van der Waals surface area contributed by atoms with Crippen molar-refractivity contribution < 1.29 is 18.0 Å². The van der Waals surface area contributed by atoms with Crippen molar-refractivity contribution in [3.8, 4) is 0 Å². The molecule has 0 spiro atoms. The van der Waals surface area contributed by atoms with Crippen LogP contribution in [0.1, 0.15) is 23.5 Å². The van der Waals surface area contributed by atoms with Gasteiger partial charge in [-0.25, -0.2) is 4.98 Å². The van der Waals surface area contributed by atoms with Crippen molar-refractivity contribution in [2.45, 2.75) is 25.6 Å². The molecule has 1 unspecified atom stereocenters. The minimum Gasteiger partial charge on any atom is -0.349 e. The molecule has 0 radical (unpaired) electrons. The van der Waals surface area contributed by atoms with Gasteiger partial charge in [0.25, 0.3) is 0 Å². The van der Waals surface area contributed by atoms with Crippen LogP contribution in [0.15, 0.2) is 5.38 Å². The Morgan fingerprint density at radius 1 is 1.58 bits per heavy atom. The molecule has 1 aliphatic rings. The van der Waals surface area contributed by atoms with E-state index in [1.54, 1.807) is 0 Å². The summed E-state index contributed by atoms with van der Waals surface area (Å²) in [5.74, 6) is -0.230. The molecule has 106 valence electrons. The number of amides is 1. The Morgan fingerprint density at radius 3 is 2.95 bits per heavy atom. The highest BCUT2D eigenvalue weighted by Crippen LogP contribution is 2.29. The third kappa shape index (κ3) is 3.90. The standard InChI is InChI=1S/C11H14F3N3OS/c12-11(13,14)8-6-19-9(17-8)5-16-10(18)7-2-1-3-15-4-7/h6-7,15H,1-5H2,(H,16,18). The first-order valence-corrected chi connectivity index (χ1v) is 6.85. The smallest absolute Gasteiger partial charge is 0.349 e. The predicted molar refractivity (Wildman–Crippen MR) is 64.6 cm³/mol. The van der Waals surface area contributed by atoms with E-state index in [0.717, 1.165) is 36.1 Å². The zero-order valence-electron chi connectivity index (χ0n) is 10.1. The summed E-state index contributed by atoms with van der Waals surface area (Å²) in [5.41, 5.74) is -0.902. The van der Waals surface area contributed by atoms with Gasteiger partial charge in [-0.15, -0.1) is 11.3 Å². The van der Waals surface area contributed by atoms with E-state index in [1.165, 1.54) is 0 Å². The Balaban J connectivity index is 1.85. The highest BCUT2D eigenvalue weighted by atomic mass is 32.1. The lowest BCUT2D eigenvalue weighted by molar-refractivity contribution is -0.140. The maximum absolute atomic E-state index is 12.3. The number of thiazole rings is 1. The topological polar surface area (TPSA) is 54.0 Å². The van der Waals surface area contributed by atoms with Gasteiger partial charge in [-0.2, -0.15) is 13.2 Å². The molecule has 0 bridgehead atoms. The number of alkyl halides is 3. The van der Waals surface area contributed by atoms with Crippen LogP contribution in [0, 0.1) is 5.92 Å². The average Bonchev–Trinajstić information content (AvgIpc) is 2.86. The predicted octanol–water partition coefficient (Wildman–Crippen LogP) is 1.78.